The Balaban J connectivity index is 1.45. The maximum absolute atomic E-state index is 3.43. The highest BCUT2D eigenvalue weighted by Gasteiger charge is 2.33. The molecular formula is C22H27N3. The first kappa shape index (κ1) is 15.4. The molecule has 2 atom stereocenters. The van der Waals surface area contributed by atoms with Crippen molar-refractivity contribution in [2.24, 2.45) is 0 Å². The number of nitrogens with zero attached hydrogens (tertiary/aromatic N) is 2. The Kier molecular flexibility index (Phi) is 3.79. The smallest absolute Gasteiger partial charge is 0.0373 e. The maximum atomic E-state index is 3.43. The summed E-state index contributed by atoms with van der Waals surface area (Å²) in [7, 11) is 2.29. The molecule has 0 aliphatic carbocycles. The quantitative estimate of drug-likeness (QED) is 0.907. The molecule has 0 spiro atoms. The van der Waals surface area contributed by atoms with E-state index in [1.807, 2.05) is 0 Å². The van der Waals surface area contributed by atoms with E-state index in [2.05, 4.69) is 64.6 Å². The molecule has 2 saturated heterocycles. The van der Waals surface area contributed by atoms with Gasteiger partial charge in [-0.3, -0.25) is 4.90 Å². The van der Waals surface area contributed by atoms with Crippen LogP contribution in [0.5, 0.6) is 0 Å². The third-order valence-corrected chi connectivity index (χ3v) is 6.42. The third kappa shape index (κ3) is 2.76. The van der Waals surface area contributed by atoms with Gasteiger partial charge in [0.2, 0.25) is 0 Å². The molecule has 3 aliphatic heterocycles. The van der Waals surface area contributed by atoms with Gasteiger partial charge in [0, 0.05) is 44.0 Å². The van der Waals surface area contributed by atoms with Crippen LogP contribution in [-0.4, -0.2) is 50.2 Å². The summed E-state index contributed by atoms with van der Waals surface area (Å²) >= 11 is 0. The van der Waals surface area contributed by atoms with Crippen LogP contribution in [0.15, 0.2) is 42.5 Å². The number of likely N-dealkylation sites (N-methyl/N-ethyl adjacent to an activating group) is 1. The largest absolute Gasteiger partial charge is 0.369 e. The first-order valence-electron chi connectivity index (χ1n) is 9.70. The second-order valence-electron chi connectivity index (χ2n) is 7.84. The molecule has 2 aromatic rings. The van der Waals surface area contributed by atoms with Crippen molar-refractivity contribution in [1.82, 2.24) is 10.2 Å². The van der Waals surface area contributed by atoms with Gasteiger partial charge < -0.3 is 10.2 Å². The number of hydrogen-bond acceptors (Lipinski definition) is 3. The molecule has 0 radical (unpaired) electrons. The molecule has 3 heterocycles. The van der Waals surface area contributed by atoms with Gasteiger partial charge in [0.1, 0.15) is 0 Å². The molecule has 3 nitrogen and oxygen atoms in total. The third-order valence-electron chi connectivity index (χ3n) is 6.42. The molecule has 3 aliphatic rings. The summed E-state index contributed by atoms with van der Waals surface area (Å²) in [4.78, 5) is 5.05. The number of fused-ring (bicyclic) bond motifs is 3. The molecule has 0 amide bonds. The summed E-state index contributed by atoms with van der Waals surface area (Å²) in [5.41, 5.74) is 4.34. The van der Waals surface area contributed by atoms with Crippen LogP contribution in [0.25, 0.3) is 16.3 Å². The first-order chi connectivity index (χ1) is 12.3. The summed E-state index contributed by atoms with van der Waals surface area (Å²) in [6.07, 6.45) is 6.40. The van der Waals surface area contributed by atoms with E-state index in [0.29, 0.717) is 6.04 Å². The van der Waals surface area contributed by atoms with Gasteiger partial charge in [0.15, 0.2) is 0 Å². The van der Waals surface area contributed by atoms with Gasteiger partial charge >= 0.3 is 0 Å². The molecule has 2 bridgehead atoms. The fourth-order valence-corrected chi connectivity index (χ4v) is 4.81. The molecule has 3 heteroatoms. The van der Waals surface area contributed by atoms with Crippen LogP contribution in [0.3, 0.4) is 0 Å². The highest BCUT2D eigenvalue weighted by Crippen LogP contribution is 2.38. The second kappa shape index (κ2) is 6.15. The zero-order chi connectivity index (χ0) is 16.8. The summed E-state index contributed by atoms with van der Waals surface area (Å²) < 4.78 is 0. The number of benzene rings is 2. The van der Waals surface area contributed by atoms with E-state index >= 15 is 0 Å². The van der Waals surface area contributed by atoms with Crippen molar-refractivity contribution >= 4 is 22.0 Å². The van der Waals surface area contributed by atoms with E-state index in [0.717, 1.165) is 32.2 Å². The lowest BCUT2D eigenvalue weighted by Gasteiger charge is -2.31. The molecule has 0 saturated carbocycles. The molecule has 2 unspecified atom stereocenters. The van der Waals surface area contributed by atoms with Crippen LogP contribution in [0.4, 0.5) is 5.69 Å². The lowest BCUT2D eigenvalue weighted by atomic mass is 9.93. The van der Waals surface area contributed by atoms with Crippen LogP contribution < -0.4 is 10.2 Å². The lowest BCUT2D eigenvalue weighted by molar-refractivity contribution is 0.264. The second-order valence-corrected chi connectivity index (χ2v) is 7.84. The number of hydrogen-bond donors (Lipinski definition) is 1. The summed E-state index contributed by atoms with van der Waals surface area (Å²) in [6, 6.07) is 15.4. The molecule has 2 aromatic carbocycles. The molecule has 25 heavy (non-hydrogen) atoms. The average Bonchev–Trinajstić information content (AvgIpc) is 2.88. The number of piperazine rings is 1. The van der Waals surface area contributed by atoms with Gasteiger partial charge in [0.25, 0.3) is 0 Å². The zero-order valence-electron chi connectivity index (χ0n) is 15.0. The molecule has 130 valence electrons. The Morgan fingerprint density at radius 3 is 2.60 bits per heavy atom. The normalized spacial score (nSPS) is 26.9. The van der Waals surface area contributed by atoms with Crippen molar-refractivity contribution in [2.75, 3.05) is 38.1 Å². The van der Waals surface area contributed by atoms with Crippen molar-refractivity contribution < 1.29 is 0 Å². The van der Waals surface area contributed by atoms with Gasteiger partial charge in [-0.2, -0.15) is 0 Å². The molecule has 5 rings (SSSR count). The fraction of sp³-hybridized carbons (Fsp3) is 0.455. The van der Waals surface area contributed by atoms with Crippen molar-refractivity contribution in [1.29, 1.82) is 0 Å². The van der Waals surface area contributed by atoms with Crippen LogP contribution in [0.1, 0.15) is 24.8 Å². The highest BCUT2D eigenvalue weighted by atomic mass is 15.2. The van der Waals surface area contributed by atoms with Crippen molar-refractivity contribution in [3.05, 3.63) is 48.0 Å². The van der Waals surface area contributed by atoms with Crippen LogP contribution in [-0.2, 0) is 0 Å². The summed E-state index contributed by atoms with van der Waals surface area (Å²) in [6.45, 7) is 4.38. The van der Waals surface area contributed by atoms with Crippen LogP contribution in [0, 0.1) is 0 Å². The van der Waals surface area contributed by atoms with E-state index in [1.54, 1.807) is 5.57 Å². The predicted octanol–water partition coefficient (Wildman–Crippen LogP) is 3.50. The van der Waals surface area contributed by atoms with Gasteiger partial charge in [0.05, 0.1) is 0 Å². The molecule has 2 fully saturated rings. The van der Waals surface area contributed by atoms with E-state index in [1.165, 1.54) is 41.3 Å². The topological polar surface area (TPSA) is 18.5 Å². The van der Waals surface area contributed by atoms with Gasteiger partial charge in [-0.25, -0.2) is 0 Å². The van der Waals surface area contributed by atoms with Gasteiger partial charge in [-0.1, -0.05) is 24.3 Å². The minimum atomic E-state index is 0.652. The Morgan fingerprint density at radius 2 is 1.76 bits per heavy atom. The Morgan fingerprint density at radius 1 is 0.960 bits per heavy atom. The number of rotatable bonds is 2. The summed E-state index contributed by atoms with van der Waals surface area (Å²) in [5.74, 6) is 0. The van der Waals surface area contributed by atoms with Gasteiger partial charge in [-0.05, 0) is 66.4 Å². The van der Waals surface area contributed by atoms with Crippen molar-refractivity contribution in [2.45, 2.75) is 31.3 Å². The first-order valence-corrected chi connectivity index (χ1v) is 9.70. The lowest BCUT2D eigenvalue weighted by Crippen LogP contribution is -2.43. The Bertz CT molecular complexity index is 819. The fourth-order valence-electron chi connectivity index (χ4n) is 4.81. The van der Waals surface area contributed by atoms with Gasteiger partial charge in [-0.15, -0.1) is 0 Å². The SMILES string of the molecule is CN1C2C=C(c3ccc4cc(N5CCNCC5)ccc4c3)CC1CC2. The average molecular weight is 333 g/mol. The summed E-state index contributed by atoms with van der Waals surface area (Å²) in [5, 5.41) is 6.15. The maximum Gasteiger partial charge on any atom is 0.0373 e. The highest BCUT2D eigenvalue weighted by molar-refractivity contribution is 5.89. The van der Waals surface area contributed by atoms with E-state index < -0.39 is 0 Å². The predicted molar refractivity (Wildman–Crippen MR) is 106 cm³/mol. The zero-order valence-corrected chi connectivity index (χ0v) is 15.0. The van der Waals surface area contributed by atoms with E-state index in [9.17, 15) is 0 Å². The standard InChI is InChI=1S/C22H27N3/c1-24-20-6-7-21(24)15-19(14-20)17-2-3-18-13-22(5-4-16(18)12-17)25-10-8-23-9-11-25/h2-5,12-14,20-21,23H,6-11,15H2,1H3. The molecular weight excluding hydrogens is 306 g/mol. The minimum absolute atomic E-state index is 0.652. The minimum Gasteiger partial charge on any atom is -0.369 e. The molecule has 1 N–H and O–H groups in total. The van der Waals surface area contributed by atoms with E-state index in [-0.39, 0.29) is 0 Å². The molecule has 0 aromatic heterocycles. The van der Waals surface area contributed by atoms with E-state index in [4.69, 9.17) is 0 Å². The number of nitrogens with one attached hydrogen (secondary N) is 1. The van der Waals surface area contributed by atoms with Crippen LogP contribution >= 0.6 is 0 Å². The van der Waals surface area contributed by atoms with Crippen molar-refractivity contribution in [3.63, 3.8) is 0 Å². The monoisotopic (exact) mass is 333 g/mol. The van der Waals surface area contributed by atoms with Crippen LogP contribution in [0.2, 0.25) is 0 Å². The number of anilines is 1. The van der Waals surface area contributed by atoms with Crippen molar-refractivity contribution in [3.8, 4) is 0 Å². The Labute approximate surface area is 150 Å². The Hall–Kier alpha value is -1.84.